The van der Waals surface area contributed by atoms with Gasteiger partial charge >= 0.3 is 12.0 Å². The average molecular weight is 293 g/mol. The third-order valence-electron chi connectivity index (χ3n) is 2.49. The Hall–Kier alpha value is -2.57. The predicted molar refractivity (Wildman–Crippen MR) is 76.9 cm³/mol. The van der Waals surface area contributed by atoms with Gasteiger partial charge in [-0.1, -0.05) is 12.1 Å². The van der Waals surface area contributed by atoms with Gasteiger partial charge in [-0.15, -0.1) is 0 Å². The molecule has 0 aliphatic rings. The highest BCUT2D eigenvalue weighted by atomic mass is 16.4. The zero-order chi connectivity index (χ0) is 15.8. The van der Waals surface area contributed by atoms with Crippen LogP contribution < -0.4 is 16.0 Å². The molecule has 0 aliphatic heterocycles. The quantitative estimate of drug-likeness (QED) is 0.619. The maximum Gasteiger partial charge on any atom is 0.335 e. The van der Waals surface area contributed by atoms with Gasteiger partial charge in [0.2, 0.25) is 5.91 Å². The van der Waals surface area contributed by atoms with Crippen molar-refractivity contribution in [3.05, 3.63) is 35.4 Å². The van der Waals surface area contributed by atoms with Gasteiger partial charge in [-0.2, -0.15) is 0 Å². The van der Waals surface area contributed by atoms with Gasteiger partial charge < -0.3 is 21.1 Å². The average Bonchev–Trinajstić information content (AvgIpc) is 2.42. The first-order chi connectivity index (χ1) is 9.88. The fourth-order valence-corrected chi connectivity index (χ4v) is 1.59. The van der Waals surface area contributed by atoms with Crippen LogP contribution in [0, 0.1) is 0 Å². The Bertz CT molecular complexity index is 529. The number of rotatable bonds is 6. The van der Waals surface area contributed by atoms with E-state index in [0.717, 1.165) is 0 Å². The smallest absolute Gasteiger partial charge is 0.335 e. The second-order valence-electron chi connectivity index (χ2n) is 4.76. The van der Waals surface area contributed by atoms with E-state index in [1.54, 1.807) is 12.1 Å². The number of benzene rings is 1. The molecule has 0 saturated carbocycles. The number of amides is 3. The van der Waals surface area contributed by atoms with E-state index in [1.807, 2.05) is 13.8 Å². The molecule has 0 spiro atoms. The molecule has 1 aromatic rings. The highest BCUT2D eigenvalue weighted by molar-refractivity contribution is 5.87. The van der Waals surface area contributed by atoms with Crippen molar-refractivity contribution in [1.29, 1.82) is 0 Å². The summed E-state index contributed by atoms with van der Waals surface area (Å²) >= 11 is 0. The van der Waals surface area contributed by atoms with Crippen LogP contribution in [0.3, 0.4) is 0 Å². The van der Waals surface area contributed by atoms with Gasteiger partial charge in [0.05, 0.1) is 12.1 Å². The summed E-state index contributed by atoms with van der Waals surface area (Å²) in [6.45, 7) is 3.72. The summed E-state index contributed by atoms with van der Waals surface area (Å²) in [6.07, 6.45) is 0. The summed E-state index contributed by atoms with van der Waals surface area (Å²) < 4.78 is 0. The molecule has 0 heterocycles. The van der Waals surface area contributed by atoms with Crippen LogP contribution in [0.1, 0.15) is 29.8 Å². The highest BCUT2D eigenvalue weighted by Gasteiger charge is 2.07. The fourth-order valence-electron chi connectivity index (χ4n) is 1.59. The Morgan fingerprint density at radius 1 is 1.19 bits per heavy atom. The number of carboxylic acids is 1. The zero-order valence-electron chi connectivity index (χ0n) is 12.0. The van der Waals surface area contributed by atoms with E-state index in [1.165, 1.54) is 12.1 Å². The zero-order valence-corrected chi connectivity index (χ0v) is 12.0. The first kappa shape index (κ1) is 16.5. The molecule has 0 fully saturated rings. The molecule has 4 N–H and O–H groups in total. The normalized spacial score (nSPS) is 10.0. The molecule has 0 unspecified atom stereocenters. The van der Waals surface area contributed by atoms with Crippen LogP contribution in [0.15, 0.2) is 24.3 Å². The molecule has 1 rings (SSSR count). The van der Waals surface area contributed by atoms with Gasteiger partial charge in [0.1, 0.15) is 0 Å². The fraction of sp³-hybridized carbons (Fsp3) is 0.357. The van der Waals surface area contributed by atoms with Crippen LogP contribution in [0.4, 0.5) is 4.79 Å². The Morgan fingerprint density at radius 2 is 1.90 bits per heavy atom. The van der Waals surface area contributed by atoms with Crippen molar-refractivity contribution in [3.63, 3.8) is 0 Å². The lowest BCUT2D eigenvalue weighted by atomic mass is 10.1. The Kier molecular flexibility index (Phi) is 6.19. The molecule has 7 nitrogen and oxygen atoms in total. The van der Waals surface area contributed by atoms with Crippen molar-refractivity contribution in [2.45, 2.75) is 26.4 Å². The lowest BCUT2D eigenvalue weighted by Crippen LogP contribution is -2.43. The largest absolute Gasteiger partial charge is 0.478 e. The highest BCUT2D eigenvalue weighted by Crippen LogP contribution is 2.04. The molecular weight excluding hydrogens is 274 g/mol. The summed E-state index contributed by atoms with van der Waals surface area (Å²) in [7, 11) is 0. The summed E-state index contributed by atoms with van der Waals surface area (Å²) in [5.74, 6) is -1.29. The SMILES string of the molecule is CC(C)NC(=O)CNC(=O)NCc1cccc(C(=O)O)c1. The summed E-state index contributed by atoms with van der Waals surface area (Å²) in [5.41, 5.74) is 0.822. The molecule has 0 saturated heterocycles. The van der Waals surface area contributed by atoms with E-state index in [0.29, 0.717) is 5.56 Å². The topological polar surface area (TPSA) is 108 Å². The summed E-state index contributed by atoms with van der Waals surface area (Å²) in [4.78, 5) is 33.7. The second-order valence-corrected chi connectivity index (χ2v) is 4.76. The molecule has 0 atom stereocenters. The minimum atomic E-state index is -1.02. The van der Waals surface area contributed by atoms with Crippen molar-refractivity contribution < 1.29 is 19.5 Å². The van der Waals surface area contributed by atoms with Gasteiger partial charge in [-0.25, -0.2) is 9.59 Å². The standard InChI is InChI=1S/C14H19N3O4/c1-9(2)17-12(18)8-16-14(21)15-7-10-4-3-5-11(6-10)13(19)20/h3-6,9H,7-8H2,1-2H3,(H,17,18)(H,19,20)(H2,15,16,21). The van der Waals surface area contributed by atoms with Crippen LogP contribution >= 0.6 is 0 Å². The van der Waals surface area contributed by atoms with Gasteiger partial charge in [-0.3, -0.25) is 4.79 Å². The van der Waals surface area contributed by atoms with E-state index in [2.05, 4.69) is 16.0 Å². The van der Waals surface area contributed by atoms with Crippen molar-refractivity contribution >= 4 is 17.9 Å². The molecule has 21 heavy (non-hydrogen) atoms. The van der Waals surface area contributed by atoms with Crippen molar-refractivity contribution in [2.75, 3.05) is 6.54 Å². The van der Waals surface area contributed by atoms with E-state index in [4.69, 9.17) is 5.11 Å². The number of nitrogens with one attached hydrogen (secondary N) is 3. The molecular formula is C14H19N3O4. The first-order valence-corrected chi connectivity index (χ1v) is 6.51. The molecule has 7 heteroatoms. The van der Waals surface area contributed by atoms with Crippen molar-refractivity contribution in [3.8, 4) is 0 Å². The van der Waals surface area contributed by atoms with Gasteiger partial charge in [0.25, 0.3) is 0 Å². The van der Waals surface area contributed by atoms with Crippen molar-refractivity contribution in [1.82, 2.24) is 16.0 Å². The van der Waals surface area contributed by atoms with E-state index < -0.39 is 12.0 Å². The Morgan fingerprint density at radius 3 is 2.52 bits per heavy atom. The number of carboxylic acid groups (broad SMARTS) is 1. The van der Waals surface area contributed by atoms with Crippen LogP contribution in [0.2, 0.25) is 0 Å². The summed E-state index contributed by atoms with van der Waals surface area (Å²) in [6, 6.07) is 5.79. The van der Waals surface area contributed by atoms with Crippen LogP contribution in [0.25, 0.3) is 0 Å². The third kappa shape index (κ3) is 6.42. The number of carbonyl (C=O) groups is 3. The third-order valence-corrected chi connectivity index (χ3v) is 2.49. The Labute approximate surface area is 122 Å². The molecule has 0 radical (unpaired) electrons. The minimum Gasteiger partial charge on any atom is -0.478 e. The number of hydrogen-bond acceptors (Lipinski definition) is 3. The molecule has 3 amide bonds. The van der Waals surface area contributed by atoms with E-state index in [-0.39, 0.29) is 30.6 Å². The van der Waals surface area contributed by atoms with Gasteiger partial charge in [-0.05, 0) is 31.5 Å². The van der Waals surface area contributed by atoms with Crippen LogP contribution in [0.5, 0.6) is 0 Å². The molecule has 0 bridgehead atoms. The van der Waals surface area contributed by atoms with E-state index >= 15 is 0 Å². The molecule has 0 aromatic heterocycles. The molecule has 114 valence electrons. The van der Waals surface area contributed by atoms with E-state index in [9.17, 15) is 14.4 Å². The molecule has 0 aliphatic carbocycles. The summed E-state index contributed by atoms with van der Waals surface area (Å²) in [5, 5.41) is 16.5. The first-order valence-electron chi connectivity index (χ1n) is 6.51. The number of hydrogen-bond donors (Lipinski definition) is 4. The molecule has 1 aromatic carbocycles. The van der Waals surface area contributed by atoms with Gasteiger partial charge in [0.15, 0.2) is 0 Å². The predicted octanol–water partition coefficient (Wildman–Crippen LogP) is 0.709. The van der Waals surface area contributed by atoms with Crippen molar-refractivity contribution in [2.24, 2.45) is 0 Å². The Balaban J connectivity index is 2.38. The maximum absolute atomic E-state index is 11.5. The second kappa shape index (κ2) is 7.88. The number of urea groups is 1. The monoisotopic (exact) mass is 293 g/mol. The minimum absolute atomic E-state index is 0.0149. The number of aromatic carboxylic acids is 1. The maximum atomic E-state index is 11.5. The van der Waals surface area contributed by atoms with Crippen LogP contribution in [-0.2, 0) is 11.3 Å². The number of carbonyl (C=O) groups excluding carboxylic acids is 2. The van der Waals surface area contributed by atoms with Crippen LogP contribution in [-0.4, -0.2) is 35.6 Å². The lowest BCUT2D eigenvalue weighted by molar-refractivity contribution is -0.120. The lowest BCUT2D eigenvalue weighted by Gasteiger charge is -2.10. The van der Waals surface area contributed by atoms with Gasteiger partial charge in [0, 0.05) is 12.6 Å².